The van der Waals surface area contributed by atoms with Gasteiger partial charge in [0.1, 0.15) is 11.6 Å². The molecule has 1 aromatic heterocycles. The second kappa shape index (κ2) is 5.94. The number of rotatable bonds is 3. The van der Waals surface area contributed by atoms with E-state index in [-0.39, 0.29) is 24.8 Å². The van der Waals surface area contributed by atoms with Crippen molar-refractivity contribution in [1.29, 1.82) is 0 Å². The normalized spacial score (nSPS) is 20.8. The van der Waals surface area contributed by atoms with Crippen LogP contribution in [0.2, 0.25) is 0 Å². The van der Waals surface area contributed by atoms with Crippen molar-refractivity contribution in [3.63, 3.8) is 0 Å². The Morgan fingerprint density at radius 1 is 1.25 bits per heavy atom. The number of carbonyl (C=O) groups is 2. The first-order valence-corrected chi connectivity index (χ1v) is 7.91. The number of methoxy groups -OCH3 is 1. The molecule has 0 saturated carbocycles. The van der Waals surface area contributed by atoms with E-state index in [9.17, 15) is 14.7 Å². The fourth-order valence-electron chi connectivity index (χ4n) is 3.44. The Hall–Kier alpha value is -2.34. The van der Waals surface area contributed by atoms with E-state index in [1.807, 2.05) is 32.9 Å². The molecule has 1 aliphatic rings. The lowest BCUT2D eigenvalue weighted by molar-refractivity contribution is -0.141. The average Bonchev–Trinajstić information content (AvgIpc) is 3.13. The van der Waals surface area contributed by atoms with Crippen molar-refractivity contribution in [3.8, 4) is 0 Å². The van der Waals surface area contributed by atoms with Gasteiger partial charge in [0.15, 0.2) is 5.76 Å². The largest absolute Gasteiger partial charge is 0.480 e. The number of carboxylic acid groups (broad SMARTS) is 1. The Labute approximate surface area is 140 Å². The number of carboxylic acids is 1. The molecule has 24 heavy (non-hydrogen) atoms. The Balaban J connectivity index is 2.05. The number of fused-ring (bicyclic) bond motifs is 1. The second-order valence-electron chi connectivity index (χ2n) is 6.36. The zero-order chi connectivity index (χ0) is 17.6. The SMILES string of the molecule is COC1CC(C(=O)O)N(C(=O)c2oc3c(C)ccc(C)c3c2C)C1. The fraction of sp³-hybridized carbons (Fsp3) is 0.444. The lowest BCUT2D eigenvalue weighted by Gasteiger charge is -2.20. The van der Waals surface area contributed by atoms with E-state index in [1.165, 1.54) is 12.0 Å². The Kier molecular flexibility index (Phi) is 4.09. The van der Waals surface area contributed by atoms with E-state index in [0.29, 0.717) is 5.58 Å². The van der Waals surface area contributed by atoms with Crippen molar-refractivity contribution in [2.75, 3.05) is 13.7 Å². The van der Waals surface area contributed by atoms with Crippen LogP contribution in [0.25, 0.3) is 11.0 Å². The molecule has 0 bridgehead atoms. The number of nitrogens with zero attached hydrogens (tertiary/aromatic N) is 1. The van der Waals surface area contributed by atoms with Crippen molar-refractivity contribution in [2.45, 2.75) is 39.3 Å². The van der Waals surface area contributed by atoms with Crippen LogP contribution in [0, 0.1) is 20.8 Å². The Morgan fingerprint density at radius 3 is 2.50 bits per heavy atom. The van der Waals surface area contributed by atoms with Gasteiger partial charge in [-0.3, -0.25) is 4.79 Å². The molecular weight excluding hydrogens is 310 g/mol. The van der Waals surface area contributed by atoms with Gasteiger partial charge in [0.05, 0.1) is 6.10 Å². The molecule has 2 heterocycles. The third-order valence-electron chi connectivity index (χ3n) is 4.82. The van der Waals surface area contributed by atoms with E-state index in [1.54, 1.807) is 0 Å². The van der Waals surface area contributed by atoms with E-state index in [0.717, 1.165) is 22.1 Å². The minimum Gasteiger partial charge on any atom is -0.480 e. The molecular formula is C18H21NO5. The van der Waals surface area contributed by atoms with Crippen LogP contribution in [0.5, 0.6) is 0 Å². The van der Waals surface area contributed by atoms with Crippen LogP contribution in [0.3, 0.4) is 0 Å². The van der Waals surface area contributed by atoms with Crippen LogP contribution in [-0.4, -0.2) is 47.7 Å². The highest BCUT2D eigenvalue weighted by atomic mass is 16.5. The van der Waals surface area contributed by atoms with Gasteiger partial charge < -0.3 is 19.2 Å². The van der Waals surface area contributed by atoms with Gasteiger partial charge in [0, 0.05) is 31.0 Å². The number of likely N-dealkylation sites (tertiary alicyclic amines) is 1. The molecule has 1 N–H and O–H groups in total. The van der Waals surface area contributed by atoms with Gasteiger partial charge in [-0.15, -0.1) is 0 Å². The number of hydrogen-bond donors (Lipinski definition) is 1. The van der Waals surface area contributed by atoms with Crippen LogP contribution in [0.4, 0.5) is 0 Å². The van der Waals surface area contributed by atoms with Gasteiger partial charge in [0.2, 0.25) is 0 Å². The molecule has 1 fully saturated rings. The van der Waals surface area contributed by atoms with E-state index in [2.05, 4.69) is 0 Å². The molecule has 0 radical (unpaired) electrons. The highest BCUT2D eigenvalue weighted by Gasteiger charge is 2.41. The zero-order valence-electron chi connectivity index (χ0n) is 14.3. The summed E-state index contributed by atoms with van der Waals surface area (Å²) in [4.78, 5) is 25.8. The smallest absolute Gasteiger partial charge is 0.326 e. The predicted molar refractivity (Wildman–Crippen MR) is 88.3 cm³/mol. The molecule has 6 heteroatoms. The van der Waals surface area contributed by atoms with Gasteiger partial charge in [-0.2, -0.15) is 0 Å². The van der Waals surface area contributed by atoms with E-state index < -0.39 is 17.9 Å². The third-order valence-corrected chi connectivity index (χ3v) is 4.82. The average molecular weight is 331 g/mol. The number of carbonyl (C=O) groups excluding carboxylic acids is 1. The predicted octanol–water partition coefficient (Wildman–Crippen LogP) is 2.67. The molecule has 2 unspecified atom stereocenters. The van der Waals surface area contributed by atoms with Gasteiger partial charge in [-0.1, -0.05) is 12.1 Å². The molecule has 2 atom stereocenters. The standard InChI is InChI=1S/C18H21NO5/c1-9-5-6-10(2)15-14(9)11(3)16(24-15)17(20)19-8-12(23-4)7-13(19)18(21)22/h5-6,12-13H,7-8H2,1-4H3,(H,21,22). The van der Waals surface area contributed by atoms with Crippen molar-refractivity contribution in [3.05, 3.63) is 34.6 Å². The first-order valence-electron chi connectivity index (χ1n) is 7.91. The minimum atomic E-state index is -1.02. The molecule has 1 amide bonds. The summed E-state index contributed by atoms with van der Waals surface area (Å²) in [5.74, 6) is -1.20. The Bertz CT molecular complexity index is 822. The van der Waals surface area contributed by atoms with Gasteiger partial charge in [0.25, 0.3) is 5.91 Å². The van der Waals surface area contributed by atoms with Crippen molar-refractivity contribution >= 4 is 22.8 Å². The maximum atomic E-state index is 12.9. The van der Waals surface area contributed by atoms with Crippen molar-refractivity contribution < 1.29 is 23.8 Å². The molecule has 1 saturated heterocycles. The lowest BCUT2D eigenvalue weighted by Crippen LogP contribution is -2.40. The quantitative estimate of drug-likeness (QED) is 0.935. The van der Waals surface area contributed by atoms with Crippen molar-refractivity contribution in [1.82, 2.24) is 4.90 Å². The van der Waals surface area contributed by atoms with Crippen LogP contribution in [0.1, 0.15) is 33.7 Å². The molecule has 1 aliphatic heterocycles. The van der Waals surface area contributed by atoms with Gasteiger partial charge in [-0.05, 0) is 31.9 Å². The summed E-state index contributed by atoms with van der Waals surface area (Å²) in [6, 6.07) is 3.05. The van der Waals surface area contributed by atoms with E-state index >= 15 is 0 Å². The van der Waals surface area contributed by atoms with Crippen LogP contribution in [-0.2, 0) is 9.53 Å². The minimum absolute atomic E-state index is 0.213. The maximum absolute atomic E-state index is 12.9. The summed E-state index contributed by atoms with van der Waals surface area (Å²) in [6.45, 7) is 5.98. The summed E-state index contributed by atoms with van der Waals surface area (Å²) >= 11 is 0. The highest BCUT2D eigenvalue weighted by Crippen LogP contribution is 2.32. The number of aliphatic carboxylic acids is 1. The highest BCUT2D eigenvalue weighted by molar-refractivity contribution is 6.02. The molecule has 1 aromatic carbocycles. The van der Waals surface area contributed by atoms with Crippen LogP contribution in [0.15, 0.2) is 16.5 Å². The van der Waals surface area contributed by atoms with Gasteiger partial charge >= 0.3 is 5.97 Å². The summed E-state index contributed by atoms with van der Waals surface area (Å²) in [6.07, 6.45) is 0.0118. The van der Waals surface area contributed by atoms with E-state index in [4.69, 9.17) is 9.15 Å². The van der Waals surface area contributed by atoms with Gasteiger partial charge in [-0.25, -0.2) is 4.79 Å². The summed E-state index contributed by atoms with van der Waals surface area (Å²) < 4.78 is 11.1. The first kappa shape index (κ1) is 16.5. The fourth-order valence-corrected chi connectivity index (χ4v) is 3.44. The van der Waals surface area contributed by atoms with Crippen LogP contribution < -0.4 is 0 Å². The first-order chi connectivity index (χ1) is 11.3. The van der Waals surface area contributed by atoms with Crippen molar-refractivity contribution in [2.24, 2.45) is 0 Å². The summed E-state index contributed by atoms with van der Waals surface area (Å²) in [5, 5.41) is 10.3. The number of benzene rings is 1. The number of ether oxygens (including phenoxy) is 1. The monoisotopic (exact) mass is 331 g/mol. The molecule has 128 valence electrons. The lowest BCUT2D eigenvalue weighted by atomic mass is 10.0. The number of amides is 1. The molecule has 0 spiro atoms. The molecule has 0 aliphatic carbocycles. The molecule has 2 aromatic rings. The number of furan rings is 1. The summed E-state index contributed by atoms with van der Waals surface area (Å²) in [7, 11) is 1.52. The Morgan fingerprint density at radius 2 is 1.92 bits per heavy atom. The third kappa shape index (κ3) is 2.47. The summed E-state index contributed by atoms with van der Waals surface area (Å²) in [5.41, 5.74) is 3.41. The number of aryl methyl sites for hydroxylation is 3. The van der Waals surface area contributed by atoms with Crippen LogP contribution >= 0.6 is 0 Å². The molecule has 6 nitrogen and oxygen atoms in total. The topological polar surface area (TPSA) is 80.0 Å². The maximum Gasteiger partial charge on any atom is 0.326 e. The zero-order valence-corrected chi connectivity index (χ0v) is 14.3. The number of hydrogen-bond acceptors (Lipinski definition) is 4. The second-order valence-corrected chi connectivity index (χ2v) is 6.36. The molecule has 3 rings (SSSR count).